The number of carbonyl (C=O) groups is 1. The summed E-state index contributed by atoms with van der Waals surface area (Å²) in [4.78, 5) is 14.9. The summed E-state index contributed by atoms with van der Waals surface area (Å²) in [5.74, 6) is 0.450. The van der Waals surface area contributed by atoms with Gasteiger partial charge in [0.2, 0.25) is 11.1 Å². The first-order chi connectivity index (χ1) is 14.6. The number of nitrogens with one attached hydrogen (secondary N) is 1. The van der Waals surface area contributed by atoms with Gasteiger partial charge in [-0.15, -0.1) is 10.2 Å². The standard InChI is InChI=1S/C19H16Cl2F3N5OS/c1-11(30)25-6-2-3-16-27-28-18(29(16)15-8-13(20)7-14(21)9-15)31-17-5-4-12(10-26-17)19(22,23)24/h4-5,7-10H,2-3,6H2,1H3,(H,25,30). The van der Waals surface area contributed by atoms with E-state index in [9.17, 15) is 18.0 Å². The minimum Gasteiger partial charge on any atom is -0.356 e. The molecule has 1 N–H and O–H groups in total. The fourth-order valence-corrected chi connectivity index (χ4v) is 4.00. The fraction of sp³-hybridized carbons (Fsp3) is 0.263. The van der Waals surface area contributed by atoms with Gasteiger partial charge in [-0.1, -0.05) is 23.2 Å². The molecular formula is C19H16Cl2F3N5OS. The van der Waals surface area contributed by atoms with E-state index in [1.54, 1.807) is 22.8 Å². The third-order valence-corrected chi connectivity index (χ3v) is 5.35. The average molecular weight is 490 g/mol. The van der Waals surface area contributed by atoms with Crippen LogP contribution in [0.2, 0.25) is 10.0 Å². The smallest absolute Gasteiger partial charge is 0.356 e. The lowest BCUT2D eigenvalue weighted by molar-refractivity contribution is -0.137. The summed E-state index contributed by atoms with van der Waals surface area (Å²) in [6, 6.07) is 7.17. The van der Waals surface area contributed by atoms with Crippen LogP contribution in [0.3, 0.4) is 0 Å². The summed E-state index contributed by atoms with van der Waals surface area (Å²) in [6.07, 6.45) is -2.60. The van der Waals surface area contributed by atoms with Crippen molar-refractivity contribution in [3.8, 4) is 5.69 Å². The van der Waals surface area contributed by atoms with Crippen molar-refractivity contribution in [3.05, 3.63) is 58.0 Å². The Balaban J connectivity index is 1.91. The van der Waals surface area contributed by atoms with Crippen molar-refractivity contribution < 1.29 is 18.0 Å². The maximum absolute atomic E-state index is 12.8. The number of amides is 1. The van der Waals surface area contributed by atoms with Gasteiger partial charge in [-0.3, -0.25) is 9.36 Å². The van der Waals surface area contributed by atoms with Crippen LogP contribution >= 0.6 is 35.0 Å². The van der Waals surface area contributed by atoms with Crippen LogP contribution in [0.15, 0.2) is 46.7 Å². The SMILES string of the molecule is CC(=O)NCCCc1nnc(Sc2ccc(C(F)(F)F)cn2)n1-c1cc(Cl)cc(Cl)c1. The molecule has 2 heterocycles. The largest absolute Gasteiger partial charge is 0.417 e. The van der Waals surface area contributed by atoms with Crippen molar-refractivity contribution in [1.29, 1.82) is 0 Å². The molecule has 0 fully saturated rings. The van der Waals surface area contributed by atoms with Gasteiger partial charge in [0.25, 0.3) is 0 Å². The van der Waals surface area contributed by atoms with Crippen molar-refractivity contribution >= 4 is 40.9 Å². The molecule has 0 radical (unpaired) electrons. The molecule has 0 atom stereocenters. The average Bonchev–Trinajstić information content (AvgIpc) is 3.06. The predicted octanol–water partition coefficient (Wildman–Crippen LogP) is 5.21. The van der Waals surface area contributed by atoms with Gasteiger partial charge in [0.05, 0.1) is 11.3 Å². The van der Waals surface area contributed by atoms with Crippen molar-refractivity contribution in [2.75, 3.05) is 6.54 Å². The van der Waals surface area contributed by atoms with E-state index in [-0.39, 0.29) is 5.91 Å². The molecule has 164 valence electrons. The van der Waals surface area contributed by atoms with Crippen LogP contribution < -0.4 is 5.32 Å². The Morgan fingerprint density at radius 1 is 1.16 bits per heavy atom. The zero-order chi connectivity index (χ0) is 22.6. The van der Waals surface area contributed by atoms with E-state index in [4.69, 9.17) is 23.2 Å². The number of nitrogens with zero attached hydrogens (tertiary/aromatic N) is 4. The van der Waals surface area contributed by atoms with E-state index >= 15 is 0 Å². The van der Waals surface area contributed by atoms with E-state index in [2.05, 4.69) is 20.5 Å². The van der Waals surface area contributed by atoms with Crippen LogP contribution in [-0.4, -0.2) is 32.2 Å². The number of benzene rings is 1. The van der Waals surface area contributed by atoms with E-state index < -0.39 is 11.7 Å². The molecule has 2 aromatic heterocycles. The molecule has 0 saturated heterocycles. The number of aryl methyl sites for hydroxylation is 1. The molecule has 0 saturated carbocycles. The summed E-state index contributed by atoms with van der Waals surface area (Å²) in [5.41, 5.74) is -0.231. The number of carbonyl (C=O) groups excluding carboxylic acids is 1. The van der Waals surface area contributed by atoms with Gasteiger partial charge in [0.15, 0.2) is 0 Å². The van der Waals surface area contributed by atoms with Crippen LogP contribution in [0.1, 0.15) is 24.7 Å². The highest BCUT2D eigenvalue weighted by molar-refractivity contribution is 7.99. The van der Waals surface area contributed by atoms with Gasteiger partial charge >= 0.3 is 6.18 Å². The number of rotatable bonds is 7. The Bertz CT molecular complexity index is 1050. The minimum absolute atomic E-state index is 0.132. The van der Waals surface area contributed by atoms with Crippen molar-refractivity contribution in [3.63, 3.8) is 0 Å². The maximum Gasteiger partial charge on any atom is 0.417 e. The van der Waals surface area contributed by atoms with Gasteiger partial charge in [0, 0.05) is 36.1 Å². The molecule has 0 bridgehead atoms. The predicted molar refractivity (Wildman–Crippen MR) is 112 cm³/mol. The molecule has 0 unspecified atom stereocenters. The van der Waals surface area contributed by atoms with E-state index in [0.29, 0.717) is 51.1 Å². The molecule has 6 nitrogen and oxygen atoms in total. The molecule has 3 rings (SSSR count). The van der Waals surface area contributed by atoms with Gasteiger partial charge in [-0.05, 0) is 48.5 Å². The normalized spacial score (nSPS) is 11.5. The summed E-state index contributed by atoms with van der Waals surface area (Å²) >= 11 is 13.3. The molecule has 0 aliphatic heterocycles. The Morgan fingerprint density at radius 3 is 2.45 bits per heavy atom. The lowest BCUT2D eigenvalue weighted by Crippen LogP contribution is -2.21. The number of halogens is 5. The van der Waals surface area contributed by atoms with Crippen molar-refractivity contribution in [2.24, 2.45) is 0 Å². The zero-order valence-electron chi connectivity index (χ0n) is 16.1. The molecule has 0 spiro atoms. The second-order valence-electron chi connectivity index (χ2n) is 6.43. The summed E-state index contributed by atoms with van der Waals surface area (Å²) in [5, 5.41) is 12.6. The van der Waals surface area contributed by atoms with Crippen LogP contribution in [0.25, 0.3) is 5.69 Å². The topological polar surface area (TPSA) is 72.7 Å². The highest BCUT2D eigenvalue weighted by Crippen LogP contribution is 2.33. The van der Waals surface area contributed by atoms with E-state index in [0.717, 1.165) is 24.0 Å². The maximum atomic E-state index is 12.8. The van der Waals surface area contributed by atoms with Crippen molar-refractivity contribution in [1.82, 2.24) is 25.1 Å². The Hall–Kier alpha value is -2.30. The molecule has 3 aromatic rings. The summed E-state index contributed by atoms with van der Waals surface area (Å²) in [7, 11) is 0. The monoisotopic (exact) mass is 489 g/mol. The quantitative estimate of drug-likeness (QED) is 0.461. The fourth-order valence-electron chi connectivity index (χ4n) is 2.67. The lowest BCUT2D eigenvalue weighted by Gasteiger charge is -2.12. The summed E-state index contributed by atoms with van der Waals surface area (Å²) < 4.78 is 40.1. The molecular weight excluding hydrogens is 474 g/mol. The van der Waals surface area contributed by atoms with Gasteiger partial charge in [-0.25, -0.2) is 4.98 Å². The van der Waals surface area contributed by atoms with Crippen LogP contribution in [0.5, 0.6) is 0 Å². The second-order valence-corrected chi connectivity index (χ2v) is 8.29. The number of hydrogen-bond donors (Lipinski definition) is 1. The highest BCUT2D eigenvalue weighted by Gasteiger charge is 2.30. The second kappa shape index (κ2) is 9.88. The van der Waals surface area contributed by atoms with Gasteiger partial charge < -0.3 is 5.32 Å². The molecule has 1 amide bonds. The first kappa shape index (κ1) is 23.4. The zero-order valence-corrected chi connectivity index (χ0v) is 18.4. The summed E-state index contributed by atoms with van der Waals surface area (Å²) in [6.45, 7) is 1.89. The number of aromatic nitrogens is 4. The lowest BCUT2D eigenvalue weighted by atomic mass is 10.2. The van der Waals surface area contributed by atoms with E-state index in [1.807, 2.05) is 0 Å². The van der Waals surface area contributed by atoms with Crippen molar-refractivity contribution in [2.45, 2.75) is 36.1 Å². The molecule has 1 aromatic carbocycles. The molecule has 0 aliphatic carbocycles. The van der Waals surface area contributed by atoms with E-state index in [1.165, 1.54) is 13.0 Å². The molecule has 0 aliphatic rings. The van der Waals surface area contributed by atoms with Crippen LogP contribution in [0.4, 0.5) is 13.2 Å². The van der Waals surface area contributed by atoms with Gasteiger partial charge in [0.1, 0.15) is 10.9 Å². The minimum atomic E-state index is -4.46. The first-order valence-electron chi connectivity index (χ1n) is 9.00. The highest BCUT2D eigenvalue weighted by atomic mass is 35.5. The third kappa shape index (κ3) is 6.34. The van der Waals surface area contributed by atoms with Crippen LogP contribution in [-0.2, 0) is 17.4 Å². The van der Waals surface area contributed by atoms with Gasteiger partial charge in [-0.2, -0.15) is 13.2 Å². The number of hydrogen-bond acceptors (Lipinski definition) is 5. The Morgan fingerprint density at radius 2 is 1.87 bits per heavy atom. The Labute approximate surface area is 190 Å². The van der Waals surface area contributed by atoms with Crippen LogP contribution in [0, 0.1) is 0 Å². The Kier molecular flexibility index (Phi) is 7.45. The number of pyridine rings is 1. The first-order valence-corrected chi connectivity index (χ1v) is 10.6. The number of alkyl halides is 3. The molecule has 31 heavy (non-hydrogen) atoms. The molecule has 12 heteroatoms. The third-order valence-electron chi connectivity index (χ3n) is 4.02.